The van der Waals surface area contributed by atoms with Crippen LogP contribution in [0.5, 0.6) is 5.75 Å². The highest BCUT2D eigenvalue weighted by Gasteiger charge is 2.26. The molecule has 3 N–H and O–H groups in total. The first-order valence-electron chi connectivity index (χ1n) is 10.6. The van der Waals surface area contributed by atoms with Gasteiger partial charge in [0.25, 0.3) is 16.8 Å². The van der Waals surface area contributed by atoms with Gasteiger partial charge < -0.3 is 25.4 Å². The molecule has 1 aliphatic heterocycles. The van der Waals surface area contributed by atoms with E-state index in [9.17, 15) is 19.5 Å². The zero-order valence-corrected chi connectivity index (χ0v) is 17.8. The van der Waals surface area contributed by atoms with Gasteiger partial charge in [0.1, 0.15) is 11.4 Å². The molecule has 1 amide bonds. The van der Waals surface area contributed by atoms with Crippen molar-refractivity contribution in [2.45, 2.75) is 19.4 Å². The summed E-state index contributed by atoms with van der Waals surface area (Å²) >= 11 is 0. The van der Waals surface area contributed by atoms with Crippen LogP contribution < -0.4 is 21.5 Å². The van der Waals surface area contributed by atoms with Gasteiger partial charge in [0, 0.05) is 13.1 Å². The number of carbonyl (C=O) groups is 1. The van der Waals surface area contributed by atoms with Gasteiger partial charge in [-0.15, -0.1) is 0 Å². The molecule has 3 aromatic carbocycles. The summed E-state index contributed by atoms with van der Waals surface area (Å²) in [5, 5.41) is 16.7. The van der Waals surface area contributed by atoms with Crippen molar-refractivity contribution in [3.05, 3.63) is 80.1 Å². The fraction of sp³-hybridized carbons (Fsp3) is 0.292. The number of phenolic OH excluding ortho intramolecular Hbond substituents is 1. The molecule has 4 rings (SSSR count). The first-order chi connectivity index (χ1) is 15.5. The van der Waals surface area contributed by atoms with Crippen LogP contribution in [0.1, 0.15) is 35.3 Å². The summed E-state index contributed by atoms with van der Waals surface area (Å²) in [6.07, 6.45) is 0.705. The number of carbonyl (C=O) groups excluding carboxylic acids is 1. The van der Waals surface area contributed by atoms with Crippen molar-refractivity contribution in [2.75, 3.05) is 36.9 Å². The van der Waals surface area contributed by atoms with Crippen molar-refractivity contribution in [1.29, 1.82) is 0 Å². The van der Waals surface area contributed by atoms with Crippen LogP contribution in [-0.4, -0.2) is 42.2 Å². The van der Waals surface area contributed by atoms with Crippen molar-refractivity contribution in [2.24, 2.45) is 0 Å². The minimum absolute atomic E-state index is 0.0793. The number of nitrogens with zero attached hydrogens (tertiary/aromatic N) is 1. The molecule has 0 aromatic heterocycles. The monoisotopic (exact) mass is 435 g/mol. The summed E-state index contributed by atoms with van der Waals surface area (Å²) in [6, 6.07) is 14.2. The lowest BCUT2D eigenvalue weighted by Gasteiger charge is -2.27. The lowest BCUT2D eigenvalue weighted by Crippen LogP contribution is -2.40. The molecular weight excluding hydrogens is 410 g/mol. The number of nitrogens with one attached hydrogen (secondary N) is 2. The molecule has 1 fully saturated rings. The summed E-state index contributed by atoms with van der Waals surface area (Å²) in [4.78, 5) is 39.0. The lowest BCUT2D eigenvalue weighted by atomic mass is 10.0. The first kappa shape index (κ1) is 21.6. The molecule has 0 radical (unpaired) electrons. The molecule has 1 saturated heterocycles. The molecule has 166 valence electrons. The van der Waals surface area contributed by atoms with E-state index in [4.69, 9.17) is 4.74 Å². The topological polar surface area (TPSA) is 108 Å². The van der Waals surface area contributed by atoms with Gasteiger partial charge in [-0.1, -0.05) is 43.3 Å². The van der Waals surface area contributed by atoms with E-state index in [1.807, 2.05) is 37.3 Å². The minimum Gasteiger partial charge on any atom is -0.505 e. The van der Waals surface area contributed by atoms with Crippen LogP contribution in [0.4, 0.5) is 17.1 Å². The molecule has 0 aliphatic carbocycles. The van der Waals surface area contributed by atoms with Crippen molar-refractivity contribution < 1.29 is 14.6 Å². The Morgan fingerprint density at radius 1 is 1.03 bits per heavy atom. The highest BCUT2D eigenvalue weighted by molar-refractivity contribution is 5.99. The Morgan fingerprint density at radius 3 is 2.41 bits per heavy atom. The highest BCUT2D eigenvalue weighted by Crippen LogP contribution is 2.33. The van der Waals surface area contributed by atoms with Gasteiger partial charge in [-0.2, -0.15) is 0 Å². The summed E-state index contributed by atoms with van der Waals surface area (Å²) in [5.41, 5.74) is 0.287. The summed E-state index contributed by atoms with van der Waals surface area (Å²) in [7, 11) is 0. The summed E-state index contributed by atoms with van der Waals surface area (Å²) in [5.74, 6) is -0.578. The average Bonchev–Trinajstić information content (AvgIpc) is 2.85. The number of anilines is 3. The number of hydrogen-bond acceptors (Lipinski definition) is 7. The van der Waals surface area contributed by atoms with E-state index in [0.29, 0.717) is 32.7 Å². The predicted molar refractivity (Wildman–Crippen MR) is 123 cm³/mol. The van der Waals surface area contributed by atoms with Gasteiger partial charge in [-0.05, 0) is 24.1 Å². The van der Waals surface area contributed by atoms with E-state index in [2.05, 4.69) is 10.6 Å². The SMILES string of the molecule is CC[C@@H](Nc1c(Nc2cccc(C(=O)N3CCOCC3)c2O)c(=O)c1=O)c1ccccc1. The number of amides is 1. The maximum atomic E-state index is 12.8. The molecule has 8 heteroatoms. The Morgan fingerprint density at radius 2 is 1.72 bits per heavy atom. The normalized spacial score (nSPS) is 14.8. The molecule has 1 heterocycles. The Hall–Kier alpha value is -3.65. The number of aromatic hydroxyl groups is 1. The Labute approximate surface area is 185 Å². The Kier molecular flexibility index (Phi) is 6.23. The van der Waals surface area contributed by atoms with Crippen LogP contribution in [-0.2, 0) is 4.74 Å². The van der Waals surface area contributed by atoms with Crippen molar-refractivity contribution >= 4 is 23.0 Å². The second-order valence-corrected chi connectivity index (χ2v) is 7.66. The van der Waals surface area contributed by atoms with Gasteiger partial charge in [0.05, 0.1) is 30.5 Å². The maximum absolute atomic E-state index is 12.8. The summed E-state index contributed by atoms with van der Waals surface area (Å²) in [6.45, 7) is 3.77. The van der Waals surface area contributed by atoms with Crippen LogP contribution in [0.15, 0.2) is 58.1 Å². The Balaban J connectivity index is 1.58. The fourth-order valence-electron chi connectivity index (χ4n) is 3.82. The second-order valence-electron chi connectivity index (χ2n) is 7.66. The predicted octanol–water partition coefficient (Wildman–Crippen LogP) is 2.77. The van der Waals surface area contributed by atoms with Gasteiger partial charge in [0.2, 0.25) is 0 Å². The molecule has 0 bridgehead atoms. The van der Waals surface area contributed by atoms with Gasteiger partial charge in [-0.25, -0.2) is 0 Å². The molecular formula is C24H25N3O5. The van der Waals surface area contributed by atoms with E-state index in [0.717, 1.165) is 5.56 Å². The molecule has 0 spiro atoms. The molecule has 32 heavy (non-hydrogen) atoms. The van der Waals surface area contributed by atoms with E-state index in [-0.39, 0.29) is 40.3 Å². The van der Waals surface area contributed by atoms with Crippen molar-refractivity contribution in [3.63, 3.8) is 0 Å². The number of morpholine rings is 1. The van der Waals surface area contributed by atoms with Gasteiger partial charge >= 0.3 is 0 Å². The van der Waals surface area contributed by atoms with Crippen LogP contribution in [0.25, 0.3) is 0 Å². The first-order valence-corrected chi connectivity index (χ1v) is 10.6. The minimum atomic E-state index is -0.667. The van der Waals surface area contributed by atoms with Crippen LogP contribution in [0.3, 0.4) is 0 Å². The van der Waals surface area contributed by atoms with E-state index < -0.39 is 10.9 Å². The number of phenols is 1. The zero-order valence-electron chi connectivity index (χ0n) is 17.8. The molecule has 1 atom stereocenters. The summed E-state index contributed by atoms with van der Waals surface area (Å²) < 4.78 is 5.27. The molecule has 3 aromatic rings. The molecule has 1 aliphatic rings. The van der Waals surface area contributed by atoms with Gasteiger partial charge in [-0.3, -0.25) is 14.4 Å². The van der Waals surface area contributed by atoms with Crippen LogP contribution >= 0.6 is 0 Å². The third kappa shape index (κ3) is 4.09. The fourth-order valence-corrected chi connectivity index (χ4v) is 3.82. The standard InChI is InChI=1S/C24H25N3O5/c1-2-17(15-7-4-3-5-8-15)25-19-20(23(30)22(19)29)26-18-10-6-9-16(21(18)28)24(31)27-11-13-32-14-12-27/h3-10,17,25-26,28H,2,11-14H2,1H3/t17-/m1/s1. The quantitative estimate of drug-likeness (QED) is 0.387. The highest BCUT2D eigenvalue weighted by atomic mass is 16.5. The number of benzene rings is 2. The van der Waals surface area contributed by atoms with E-state index >= 15 is 0 Å². The molecule has 0 unspecified atom stereocenters. The van der Waals surface area contributed by atoms with Crippen LogP contribution in [0, 0.1) is 0 Å². The second kappa shape index (κ2) is 9.23. The van der Waals surface area contributed by atoms with Gasteiger partial charge in [0.15, 0.2) is 5.75 Å². The van der Waals surface area contributed by atoms with Crippen LogP contribution in [0.2, 0.25) is 0 Å². The number of hydrogen-bond donors (Lipinski definition) is 3. The van der Waals surface area contributed by atoms with Crippen molar-refractivity contribution in [1.82, 2.24) is 4.90 Å². The van der Waals surface area contributed by atoms with Crippen molar-refractivity contribution in [3.8, 4) is 5.75 Å². The van der Waals surface area contributed by atoms with E-state index in [1.165, 1.54) is 6.07 Å². The Bertz CT molecular complexity index is 1180. The molecule has 8 nitrogen and oxygen atoms in total. The third-order valence-corrected chi connectivity index (χ3v) is 5.66. The average molecular weight is 435 g/mol. The number of ether oxygens (including phenoxy) is 1. The van der Waals surface area contributed by atoms with E-state index in [1.54, 1.807) is 17.0 Å². The largest absolute Gasteiger partial charge is 0.505 e. The lowest BCUT2D eigenvalue weighted by molar-refractivity contribution is 0.0301. The number of rotatable bonds is 7. The maximum Gasteiger partial charge on any atom is 0.257 e. The number of para-hydroxylation sites is 1. The molecule has 0 saturated carbocycles. The smallest absolute Gasteiger partial charge is 0.257 e. The zero-order chi connectivity index (χ0) is 22.7. The third-order valence-electron chi connectivity index (χ3n) is 5.66.